The quantitative estimate of drug-likeness (QED) is 0.860. The second-order valence-electron chi connectivity index (χ2n) is 3.05. The highest BCUT2D eigenvalue weighted by Crippen LogP contribution is 2.26. The molecule has 0 spiro atoms. The van der Waals surface area contributed by atoms with Crippen LogP contribution in [0.25, 0.3) is 0 Å². The van der Waals surface area contributed by atoms with Crippen molar-refractivity contribution in [1.29, 1.82) is 0 Å². The molecule has 0 radical (unpaired) electrons. The van der Waals surface area contributed by atoms with Gasteiger partial charge >= 0.3 is 0 Å². The van der Waals surface area contributed by atoms with Crippen LogP contribution < -0.4 is 5.32 Å². The lowest BCUT2D eigenvalue weighted by atomic mass is 10.1. The maximum atomic E-state index is 5.40. The third-order valence-corrected chi connectivity index (χ3v) is 2.67. The van der Waals surface area contributed by atoms with Gasteiger partial charge in [0, 0.05) is 0 Å². The zero-order valence-electron chi connectivity index (χ0n) is 8.14. The van der Waals surface area contributed by atoms with Crippen LogP contribution in [0.15, 0.2) is 21.2 Å². The van der Waals surface area contributed by atoms with Crippen molar-refractivity contribution in [3.63, 3.8) is 0 Å². The van der Waals surface area contributed by atoms with Crippen LogP contribution in [0.1, 0.15) is 38.5 Å². The van der Waals surface area contributed by atoms with Gasteiger partial charge < -0.3 is 9.73 Å². The maximum Gasteiger partial charge on any atom is 0.134 e. The predicted octanol–water partition coefficient (Wildman–Crippen LogP) is 3.49. The number of halogens is 1. The minimum atomic E-state index is 0.337. The monoisotopic (exact) mass is 245 g/mol. The first kappa shape index (κ1) is 10.8. The molecule has 0 aliphatic rings. The molecule has 1 aromatic heterocycles. The third-order valence-electron chi connectivity index (χ3n) is 2.01. The Kier molecular flexibility index (Phi) is 4.53. The highest BCUT2D eigenvalue weighted by Gasteiger charge is 2.14. The number of nitrogens with one attached hydrogen (secondary N) is 1. The fraction of sp³-hybridized carbons (Fsp3) is 0.600. The second-order valence-corrected chi connectivity index (χ2v) is 3.90. The van der Waals surface area contributed by atoms with Crippen molar-refractivity contribution >= 4 is 15.9 Å². The van der Waals surface area contributed by atoms with E-state index in [4.69, 9.17) is 4.42 Å². The summed E-state index contributed by atoms with van der Waals surface area (Å²) in [4.78, 5) is 0. The summed E-state index contributed by atoms with van der Waals surface area (Å²) in [5.74, 6) is 1.01. The van der Waals surface area contributed by atoms with Gasteiger partial charge in [-0.15, -0.1) is 0 Å². The van der Waals surface area contributed by atoms with Crippen molar-refractivity contribution in [2.24, 2.45) is 0 Å². The Hall–Kier alpha value is -0.280. The summed E-state index contributed by atoms with van der Waals surface area (Å²) in [6, 6.07) is 2.27. The van der Waals surface area contributed by atoms with E-state index in [1.54, 1.807) is 6.26 Å². The molecule has 13 heavy (non-hydrogen) atoms. The van der Waals surface area contributed by atoms with Gasteiger partial charge in [0.25, 0.3) is 0 Å². The minimum absolute atomic E-state index is 0.337. The molecule has 0 bridgehead atoms. The predicted molar refractivity (Wildman–Crippen MR) is 57.7 cm³/mol. The van der Waals surface area contributed by atoms with E-state index in [9.17, 15) is 0 Å². The molecule has 1 N–H and O–H groups in total. The average Bonchev–Trinajstić information content (AvgIpc) is 2.54. The Morgan fingerprint density at radius 2 is 2.31 bits per heavy atom. The summed E-state index contributed by atoms with van der Waals surface area (Å²) in [5.41, 5.74) is 0. The molecule has 0 aliphatic carbocycles. The first-order valence-electron chi connectivity index (χ1n) is 4.75. The molecule has 1 atom stereocenters. The van der Waals surface area contributed by atoms with Crippen LogP contribution in [0.4, 0.5) is 0 Å². The highest BCUT2D eigenvalue weighted by molar-refractivity contribution is 9.10. The zero-order valence-corrected chi connectivity index (χ0v) is 9.73. The van der Waals surface area contributed by atoms with E-state index >= 15 is 0 Å². The van der Waals surface area contributed by atoms with Crippen LogP contribution in [0.5, 0.6) is 0 Å². The lowest BCUT2D eigenvalue weighted by Crippen LogP contribution is -2.21. The summed E-state index contributed by atoms with van der Waals surface area (Å²) in [6.45, 7) is 5.35. The summed E-state index contributed by atoms with van der Waals surface area (Å²) in [7, 11) is 0. The molecular formula is C10H16BrNO. The molecule has 0 aliphatic heterocycles. The van der Waals surface area contributed by atoms with Crippen molar-refractivity contribution in [2.75, 3.05) is 6.54 Å². The van der Waals surface area contributed by atoms with Gasteiger partial charge in [0.2, 0.25) is 0 Å². The van der Waals surface area contributed by atoms with Crippen LogP contribution in [-0.2, 0) is 0 Å². The SMILES string of the molecule is CCCNC(CC)c1occc1Br. The number of furan rings is 1. The Morgan fingerprint density at radius 1 is 1.54 bits per heavy atom. The number of rotatable bonds is 5. The molecule has 1 unspecified atom stereocenters. The van der Waals surface area contributed by atoms with Crippen molar-refractivity contribution in [1.82, 2.24) is 5.32 Å². The molecule has 3 heteroatoms. The Bertz CT molecular complexity index is 247. The topological polar surface area (TPSA) is 25.2 Å². The standard InChI is InChI=1S/C10H16BrNO/c1-3-6-12-9(4-2)10-8(11)5-7-13-10/h5,7,9,12H,3-4,6H2,1-2H3. The van der Waals surface area contributed by atoms with Crippen LogP contribution in [0.3, 0.4) is 0 Å². The normalized spacial score (nSPS) is 13.2. The maximum absolute atomic E-state index is 5.40. The summed E-state index contributed by atoms with van der Waals surface area (Å²) in [6.07, 6.45) is 3.91. The van der Waals surface area contributed by atoms with Crippen LogP contribution in [0.2, 0.25) is 0 Å². The Morgan fingerprint density at radius 3 is 2.77 bits per heavy atom. The van der Waals surface area contributed by atoms with Gasteiger partial charge in [-0.25, -0.2) is 0 Å². The van der Waals surface area contributed by atoms with E-state index < -0.39 is 0 Å². The van der Waals surface area contributed by atoms with Gasteiger partial charge in [-0.2, -0.15) is 0 Å². The second kappa shape index (κ2) is 5.45. The van der Waals surface area contributed by atoms with Crippen molar-refractivity contribution in [3.05, 3.63) is 22.6 Å². The van der Waals surface area contributed by atoms with E-state index in [1.807, 2.05) is 6.07 Å². The van der Waals surface area contributed by atoms with Gasteiger partial charge in [-0.1, -0.05) is 13.8 Å². The molecular weight excluding hydrogens is 230 g/mol. The number of hydrogen-bond acceptors (Lipinski definition) is 2. The largest absolute Gasteiger partial charge is 0.466 e. The molecule has 0 fully saturated rings. The molecule has 1 heterocycles. The Labute approximate surface area is 87.8 Å². The fourth-order valence-electron chi connectivity index (χ4n) is 1.30. The molecule has 1 rings (SSSR count). The van der Waals surface area contributed by atoms with E-state index in [0.717, 1.165) is 29.6 Å². The van der Waals surface area contributed by atoms with Gasteiger partial charge in [0.05, 0.1) is 16.8 Å². The van der Waals surface area contributed by atoms with E-state index in [2.05, 4.69) is 35.1 Å². The van der Waals surface area contributed by atoms with Crippen molar-refractivity contribution in [3.8, 4) is 0 Å². The van der Waals surface area contributed by atoms with E-state index in [-0.39, 0.29) is 0 Å². The molecule has 1 aromatic rings. The fourth-order valence-corrected chi connectivity index (χ4v) is 1.77. The lowest BCUT2D eigenvalue weighted by Gasteiger charge is -2.14. The zero-order chi connectivity index (χ0) is 9.68. The first-order chi connectivity index (χ1) is 6.29. The van der Waals surface area contributed by atoms with Crippen LogP contribution in [-0.4, -0.2) is 6.54 Å². The molecule has 2 nitrogen and oxygen atoms in total. The van der Waals surface area contributed by atoms with Gasteiger partial charge in [0.15, 0.2) is 0 Å². The molecule has 0 saturated carbocycles. The smallest absolute Gasteiger partial charge is 0.134 e. The lowest BCUT2D eigenvalue weighted by molar-refractivity contribution is 0.403. The first-order valence-corrected chi connectivity index (χ1v) is 5.55. The molecule has 0 amide bonds. The molecule has 74 valence electrons. The summed E-state index contributed by atoms with van der Waals surface area (Å²) < 4.78 is 6.46. The van der Waals surface area contributed by atoms with Gasteiger partial charge in [-0.3, -0.25) is 0 Å². The highest BCUT2D eigenvalue weighted by atomic mass is 79.9. The third kappa shape index (κ3) is 2.85. The molecule has 0 aromatic carbocycles. The van der Waals surface area contributed by atoms with Crippen LogP contribution >= 0.6 is 15.9 Å². The average molecular weight is 246 g/mol. The minimum Gasteiger partial charge on any atom is -0.466 e. The number of hydrogen-bond donors (Lipinski definition) is 1. The summed E-state index contributed by atoms with van der Waals surface area (Å²) in [5, 5.41) is 3.44. The van der Waals surface area contributed by atoms with Gasteiger partial charge in [-0.05, 0) is 41.4 Å². The van der Waals surface area contributed by atoms with Crippen molar-refractivity contribution < 1.29 is 4.42 Å². The van der Waals surface area contributed by atoms with E-state index in [0.29, 0.717) is 6.04 Å². The Balaban J connectivity index is 2.61. The molecule has 0 saturated heterocycles. The van der Waals surface area contributed by atoms with Gasteiger partial charge in [0.1, 0.15) is 5.76 Å². The van der Waals surface area contributed by atoms with Crippen LogP contribution in [0, 0.1) is 0 Å². The van der Waals surface area contributed by atoms with E-state index in [1.165, 1.54) is 0 Å². The summed E-state index contributed by atoms with van der Waals surface area (Å²) >= 11 is 3.47. The van der Waals surface area contributed by atoms with Crippen molar-refractivity contribution in [2.45, 2.75) is 32.7 Å².